The molecule has 2 fully saturated rings. The van der Waals surface area contributed by atoms with E-state index in [0.29, 0.717) is 36.2 Å². The normalized spacial score (nSPS) is 17.4. The third-order valence-electron chi connectivity index (χ3n) is 7.56. The van der Waals surface area contributed by atoms with Gasteiger partial charge in [-0.1, -0.05) is 12.8 Å². The molecule has 4 heterocycles. The van der Waals surface area contributed by atoms with Crippen molar-refractivity contribution in [1.29, 1.82) is 0 Å². The summed E-state index contributed by atoms with van der Waals surface area (Å²) in [6.07, 6.45) is 10.6. The number of rotatable bonds is 8. The van der Waals surface area contributed by atoms with Gasteiger partial charge < -0.3 is 35.7 Å². The number of anilines is 3. The van der Waals surface area contributed by atoms with E-state index < -0.39 is 11.9 Å². The molecule has 1 aromatic carbocycles. The summed E-state index contributed by atoms with van der Waals surface area (Å²) in [4.78, 5) is 36.0. The highest BCUT2D eigenvalue weighted by atomic mass is 16.5. The summed E-state index contributed by atoms with van der Waals surface area (Å²) in [5, 5.41) is 21.5. The van der Waals surface area contributed by atoms with E-state index in [1.54, 1.807) is 39.9 Å². The molecule has 13 nitrogen and oxygen atoms in total. The van der Waals surface area contributed by atoms with Gasteiger partial charge in [-0.2, -0.15) is 4.98 Å². The van der Waals surface area contributed by atoms with E-state index in [9.17, 15) is 14.7 Å². The summed E-state index contributed by atoms with van der Waals surface area (Å²) in [5.41, 5.74) is 7.06. The molecule has 208 valence electrons. The van der Waals surface area contributed by atoms with Crippen LogP contribution in [-0.2, 0) is 4.79 Å². The number of phenolic OH excluding ortho intramolecular Hbond substituents is 1. The average molecular weight is 546 g/mol. The third kappa shape index (κ3) is 4.74. The zero-order valence-electron chi connectivity index (χ0n) is 22.1. The second kappa shape index (κ2) is 10.4. The van der Waals surface area contributed by atoms with Crippen LogP contribution in [0, 0.1) is 0 Å². The first kappa shape index (κ1) is 25.5. The number of nitrogens with zero attached hydrogens (tertiary/aromatic N) is 6. The van der Waals surface area contributed by atoms with Crippen LogP contribution >= 0.6 is 0 Å². The number of methoxy groups -OCH3 is 1. The Balaban J connectivity index is 1.29. The van der Waals surface area contributed by atoms with Crippen molar-refractivity contribution < 1.29 is 19.4 Å². The van der Waals surface area contributed by atoms with Crippen LogP contribution in [-0.4, -0.2) is 66.8 Å². The molecule has 6 rings (SSSR count). The highest BCUT2D eigenvalue weighted by Crippen LogP contribution is 2.34. The molecule has 1 saturated carbocycles. The minimum absolute atomic E-state index is 0.105. The second-order valence-electron chi connectivity index (χ2n) is 10.1. The summed E-state index contributed by atoms with van der Waals surface area (Å²) in [7, 11) is 1.44. The lowest BCUT2D eigenvalue weighted by Crippen LogP contribution is -2.41. The van der Waals surface area contributed by atoms with Gasteiger partial charge in [0.1, 0.15) is 23.7 Å². The maximum Gasteiger partial charge on any atom is 0.255 e. The molecule has 1 unspecified atom stereocenters. The first-order valence-electron chi connectivity index (χ1n) is 13.4. The monoisotopic (exact) mass is 545 g/mol. The number of imidazole rings is 1. The van der Waals surface area contributed by atoms with Crippen molar-refractivity contribution >= 4 is 34.9 Å². The van der Waals surface area contributed by atoms with Crippen LogP contribution in [0.1, 0.15) is 48.9 Å². The number of nitrogens with two attached hydrogens (primary N) is 1. The molecule has 0 bridgehead atoms. The standard InChI is InChI=1S/C27H31N9O4/c1-40-21-13-17(12-18(23(21)37)26(39)30-16-6-2-3-7-16)34-14-22(29-15-34)31-25-20-9-5-11-36(20)33-27(32-25)35-10-4-8-19(35)24(28)38/h5,9,11-16,19,37H,2-4,6-8,10H2,1H3,(H2,28,38)(H,30,39)(H,31,32,33). The topological polar surface area (TPSA) is 165 Å². The van der Waals surface area contributed by atoms with Gasteiger partial charge in [-0.3, -0.25) is 9.59 Å². The molecule has 2 amide bonds. The van der Waals surface area contributed by atoms with E-state index >= 15 is 0 Å². The Morgan fingerprint density at radius 1 is 1.18 bits per heavy atom. The predicted molar refractivity (Wildman–Crippen MR) is 147 cm³/mol. The van der Waals surface area contributed by atoms with Crippen molar-refractivity contribution in [3.63, 3.8) is 0 Å². The van der Waals surface area contributed by atoms with E-state index in [1.165, 1.54) is 7.11 Å². The van der Waals surface area contributed by atoms with Crippen LogP contribution in [0.15, 0.2) is 43.0 Å². The molecular formula is C27H31N9O4. The Hall–Kier alpha value is -4.81. The van der Waals surface area contributed by atoms with Crippen molar-refractivity contribution in [2.24, 2.45) is 5.73 Å². The molecular weight excluding hydrogens is 514 g/mol. The van der Waals surface area contributed by atoms with E-state index in [4.69, 9.17) is 15.5 Å². The molecule has 1 saturated heterocycles. The summed E-state index contributed by atoms with van der Waals surface area (Å²) in [6, 6.07) is 6.63. The van der Waals surface area contributed by atoms with Gasteiger partial charge in [0, 0.05) is 24.8 Å². The number of ether oxygens (including phenoxy) is 1. The number of primary amides is 1. The van der Waals surface area contributed by atoms with Crippen LogP contribution in [0.5, 0.6) is 11.5 Å². The second-order valence-corrected chi connectivity index (χ2v) is 10.1. The van der Waals surface area contributed by atoms with Gasteiger partial charge in [-0.15, -0.1) is 5.10 Å². The van der Waals surface area contributed by atoms with Crippen LogP contribution in [0.3, 0.4) is 0 Å². The van der Waals surface area contributed by atoms with Crippen molar-refractivity contribution in [1.82, 2.24) is 29.5 Å². The molecule has 4 aromatic rings. The van der Waals surface area contributed by atoms with E-state index in [2.05, 4.69) is 20.7 Å². The minimum Gasteiger partial charge on any atom is -0.504 e. The Morgan fingerprint density at radius 2 is 2.00 bits per heavy atom. The number of carbonyl (C=O) groups excluding carboxylic acids is 2. The molecule has 0 spiro atoms. The van der Waals surface area contributed by atoms with Crippen LogP contribution in [0.2, 0.25) is 0 Å². The van der Waals surface area contributed by atoms with Crippen LogP contribution in [0.25, 0.3) is 11.2 Å². The zero-order valence-corrected chi connectivity index (χ0v) is 22.1. The SMILES string of the molecule is COc1cc(-n2cnc(Nc3nc(N4CCCC4C(N)=O)nn4cccc34)c2)cc(C(=O)NC2CCCC2)c1O. The largest absolute Gasteiger partial charge is 0.504 e. The summed E-state index contributed by atoms with van der Waals surface area (Å²) >= 11 is 0. The number of amides is 2. The molecule has 13 heteroatoms. The summed E-state index contributed by atoms with van der Waals surface area (Å²) in [5.74, 6) is 0.627. The maximum atomic E-state index is 13.0. The Morgan fingerprint density at radius 3 is 2.77 bits per heavy atom. The number of hydrogen-bond donors (Lipinski definition) is 4. The molecule has 1 aliphatic heterocycles. The molecule has 3 aromatic heterocycles. The molecule has 1 atom stereocenters. The highest BCUT2D eigenvalue weighted by Gasteiger charge is 2.32. The first-order chi connectivity index (χ1) is 19.4. The highest BCUT2D eigenvalue weighted by molar-refractivity contribution is 5.98. The van der Waals surface area contributed by atoms with Crippen molar-refractivity contribution in [2.75, 3.05) is 23.9 Å². The van der Waals surface area contributed by atoms with Gasteiger partial charge in [0.2, 0.25) is 11.9 Å². The van der Waals surface area contributed by atoms with E-state index in [-0.39, 0.29) is 29.0 Å². The van der Waals surface area contributed by atoms with Crippen molar-refractivity contribution in [3.8, 4) is 17.2 Å². The fraction of sp³-hybridized carbons (Fsp3) is 0.370. The molecule has 0 radical (unpaired) electrons. The average Bonchev–Trinajstić information content (AvgIpc) is 3.76. The number of hydrogen-bond acceptors (Lipinski definition) is 9. The van der Waals surface area contributed by atoms with E-state index in [0.717, 1.165) is 37.6 Å². The van der Waals surface area contributed by atoms with Gasteiger partial charge in [0.15, 0.2) is 17.3 Å². The predicted octanol–water partition coefficient (Wildman–Crippen LogP) is 2.50. The first-order valence-corrected chi connectivity index (χ1v) is 13.4. The maximum absolute atomic E-state index is 13.0. The fourth-order valence-corrected chi connectivity index (χ4v) is 5.49. The smallest absolute Gasteiger partial charge is 0.255 e. The summed E-state index contributed by atoms with van der Waals surface area (Å²) in [6.45, 7) is 0.633. The number of aromatic nitrogens is 5. The number of fused-ring (bicyclic) bond motifs is 1. The fourth-order valence-electron chi connectivity index (χ4n) is 5.49. The number of benzene rings is 1. The quantitative estimate of drug-likeness (QED) is 0.260. The zero-order chi connectivity index (χ0) is 27.8. The minimum atomic E-state index is -0.454. The molecule has 5 N–H and O–H groups in total. The lowest BCUT2D eigenvalue weighted by atomic mass is 10.1. The van der Waals surface area contributed by atoms with Crippen molar-refractivity contribution in [2.45, 2.75) is 50.6 Å². The van der Waals surface area contributed by atoms with Crippen LogP contribution in [0.4, 0.5) is 17.6 Å². The number of aromatic hydroxyl groups is 1. The Kier molecular flexibility index (Phi) is 6.62. The van der Waals surface area contributed by atoms with E-state index in [1.807, 2.05) is 17.0 Å². The van der Waals surface area contributed by atoms with Gasteiger partial charge >= 0.3 is 0 Å². The third-order valence-corrected chi connectivity index (χ3v) is 7.56. The number of carbonyl (C=O) groups is 2. The molecule has 1 aliphatic carbocycles. The summed E-state index contributed by atoms with van der Waals surface area (Å²) < 4.78 is 8.77. The Bertz CT molecular complexity index is 1570. The van der Waals surface area contributed by atoms with Gasteiger partial charge in [0.25, 0.3) is 5.91 Å². The molecule has 2 aliphatic rings. The van der Waals surface area contributed by atoms with Crippen LogP contribution < -0.4 is 26.0 Å². The Labute approximate surface area is 230 Å². The van der Waals surface area contributed by atoms with Gasteiger partial charge in [-0.05, 0) is 43.9 Å². The molecule has 40 heavy (non-hydrogen) atoms. The number of phenols is 1. The number of nitrogens with one attached hydrogen (secondary N) is 2. The van der Waals surface area contributed by atoms with Gasteiger partial charge in [-0.25, -0.2) is 9.50 Å². The van der Waals surface area contributed by atoms with Crippen molar-refractivity contribution in [3.05, 3.63) is 48.5 Å². The lowest BCUT2D eigenvalue weighted by Gasteiger charge is -2.22. The van der Waals surface area contributed by atoms with Gasteiger partial charge in [0.05, 0.1) is 24.6 Å². The lowest BCUT2D eigenvalue weighted by molar-refractivity contribution is -0.119.